The van der Waals surface area contributed by atoms with Gasteiger partial charge in [-0.15, -0.1) is 0 Å². The van der Waals surface area contributed by atoms with Crippen LogP contribution in [0.25, 0.3) is 0 Å². The van der Waals surface area contributed by atoms with Crippen LogP contribution < -0.4 is 0 Å². The second-order valence-corrected chi connectivity index (χ2v) is 26.1. The van der Waals surface area contributed by atoms with Gasteiger partial charge in [-0.05, 0) is 79.3 Å². The average molecular weight is 737 g/mol. The molecule has 0 fully saturated rings. The molecule has 0 saturated heterocycles. The van der Waals surface area contributed by atoms with Crippen LogP contribution in [0.2, 0.25) is 39.3 Å². The van der Waals surface area contributed by atoms with Crippen LogP contribution in [0.5, 0.6) is 0 Å². The van der Waals surface area contributed by atoms with Crippen molar-refractivity contribution in [2.45, 2.75) is 142 Å². The summed E-state index contributed by atoms with van der Waals surface area (Å²) in [6, 6.07) is 0. The Balaban J connectivity index is 6.63. The van der Waals surface area contributed by atoms with Crippen LogP contribution >= 0.6 is 0 Å². The van der Waals surface area contributed by atoms with E-state index in [2.05, 4.69) is 19.7 Å². The minimum absolute atomic E-state index is 0.273. The zero-order valence-corrected chi connectivity index (χ0v) is 35.8. The molecule has 0 rings (SSSR count). The number of esters is 3. The van der Waals surface area contributed by atoms with Gasteiger partial charge in [-0.2, -0.15) is 0 Å². The molecule has 0 spiro atoms. The molecule has 0 saturated carbocycles. The summed E-state index contributed by atoms with van der Waals surface area (Å²) < 4.78 is 55.4. The van der Waals surface area contributed by atoms with Crippen molar-refractivity contribution in [3.05, 3.63) is 38.0 Å². The van der Waals surface area contributed by atoms with Gasteiger partial charge in [-0.3, -0.25) is 0 Å². The molecule has 0 aromatic carbocycles. The fraction of sp³-hybridized carbons (Fsp3) is 0.710. The molecule has 0 aromatic heterocycles. The van der Waals surface area contributed by atoms with Crippen LogP contribution in [0, 0.1) is 0 Å². The third kappa shape index (κ3) is 16.0. The Bertz CT molecular complexity index is 925. The average Bonchev–Trinajstić information content (AvgIpc) is 2.95. The highest BCUT2D eigenvalue weighted by Gasteiger charge is 2.51. The predicted octanol–water partition coefficient (Wildman–Crippen LogP) is 4.86. The van der Waals surface area contributed by atoms with Crippen LogP contribution in [-0.4, -0.2) is 94.8 Å². The molecule has 0 aliphatic carbocycles. The van der Waals surface area contributed by atoms with E-state index >= 15 is 0 Å². The SMILES string of the molecule is C=CC(=O)OC(C)OC(CC)[Si](C)(C)OC([SiH3])(O[Si](C)(C)C(CC)OC(C)OC(=O)C=C)O[Si](C)(C)C(CC)OC(C)OC(=O)C=C. The van der Waals surface area contributed by atoms with E-state index in [1.165, 1.54) is 0 Å². The molecule has 47 heavy (non-hydrogen) atoms. The van der Waals surface area contributed by atoms with Gasteiger partial charge in [0.2, 0.25) is 49.4 Å². The molecule has 0 aliphatic rings. The van der Waals surface area contributed by atoms with Gasteiger partial charge in [0.05, 0.1) is 17.2 Å². The summed E-state index contributed by atoms with van der Waals surface area (Å²) in [5.41, 5.74) is -2.68. The lowest BCUT2D eigenvalue weighted by atomic mass is 10.5. The highest BCUT2D eigenvalue weighted by molar-refractivity contribution is 6.75. The molecule has 0 heterocycles. The summed E-state index contributed by atoms with van der Waals surface area (Å²) in [4.78, 5) is 35.5. The molecule has 0 radical (unpaired) electrons. The van der Waals surface area contributed by atoms with Crippen molar-refractivity contribution in [2.24, 2.45) is 0 Å². The highest BCUT2D eigenvalue weighted by atomic mass is 28.4. The summed E-state index contributed by atoms with van der Waals surface area (Å²) in [6.45, 7) is 33.2. The van der Waals surface area contributed by atoms with Crippen molar-refractivity contribution in [1.29, 1.82) is 0 Å². The molecule has 0 aliphatic heterocycles. The smallest absolute Gasteiger partial charge is 0.332 e. The predicted molar refractivity (Wildman–Crippen MR) is 191 cm³/mol. The molecule has 0 aromatic rings. The number of rotatable bonds is 24. The molecule has 0 amide bonds. The fourth-order valence-corrected chi connectivity index (χ4v) is 18.4. The van der Waals surface area contributed by atoms with Crippen molar-refractivity contribution >= 4 is 53.1 Å². The molecule has 6 unspecified atom stereocenters. The van der Waals surface area contributed by atoms with E-state index in [0.29, 0.717) is 19.3 Å². The second-order valence-electron chi connectivity index (χ2n) is 12.7. The first-order valence-electron chi connectivity index (χ1n) is 16.1. The molecule has 16 heteroatoms. The molecule has 0 N–H and O–H groups in total. The number of carbonyl (C=O) groups excluding carboxylic acids is 3. The van der Waals surface area contributed by atoms with Gasteiger partial charge < -0.3 is 41.7 Å². The van der Waals surface area contributed by atoms with Crippen LogP contribution in [-0.2, 0) is 56.1 Å². The van der Waals surface area contributed by atoms with E-state index in [1.807, 2.05) is 60.1 Å². The molecular formula is C31H60O12Si4. The van der Waals surface area contributed by atoms with E-state index in [4.69, 9.17) is 41.7 Å². The van der Waals surface area contributed by atoms with Crippen LogP contribution in [0.1, 0.15) is 60.8 Å². The quantitative estimate of drug-likeness (QED) is 0.0441. The van der Waals surface area contributed by atoms with Crippen molar-refractivity contribution < 1.29 is 56.1 Å². The maximum absolute atomic E-state index is 11.8. The van der Waals surface area contributed by atoms with Gasteiger partial charge >= 0.3 is 17.9 Å². The zero-order valence-electron chi connectivity index (χ0n) is 30.8. The van der Waals surface area contributed by atoms with E-state index in [1.54, 1.807) is 20.8 Å². The molecular weight excluding hydrogens is 677 g/mol. The molecule has 272 valence electrons. The minimum Gasteiger partial charge on any atom is -0.433 e. The standard InChI is InChI=1S/C31H60O12Si4/c1-16-25(32)35-22(7)38-28(19-4)45(10,11)41-31(44,42-46(12,13)29(20-5)39-23(8)36-26(33)17-2)43-47(14,15)30(21-6)40-24(9)37-27(34)18-3/h16-18,22-24,28-30H,1-3,19-21H2,4-15,44H3. The van der Waals surface area contributed by atoms with Gasteiger partial charge in [-0.25, -0.2) is 14.4 Å². The Kier molecular flexibility index (Phi) is 19.3. The lowest BCUT2D eigenvalue weighted by molar-refractivity contribution is -0.223. The second kappa shape index (κ2) is 20.1. The Hall–Kier alpha value is -1.74. The number of hydrogen-bond acceptors (Lipinski definition) is 12. The zero-order chi connectivity index (χ0) is 36.8. The van der Waals surface area contributed by atoms with Crippen LogP contribution in [0.15, 0.2) is 38.0 Å². The number of hydrogen-bond donors (Lipinski definition) is 0. The van der Waals surface area contributed by atoms with Gasteiger partial charge in [0.1, 0.15) is 10.2 Å². The third-order valence-corrected chi connectivity index (χ3v) is 18.0. The Morgan fingerprint density at radius 2 is 0.787 bits per heavy atom. The normalized spacial score (nSPS) is 17.6. The van der Waals surface area contributed by atoms with Crippen molar-refractivity contribution in [3.8, 4) is 0 Å². The largest absolute Gasteiger partial charge is 0.433 e. The number of ether oxygens (including phenoxy) is 6. The summed E-state index contributed by atoms with van der Waals surface area (Å²) in [5.74, 6) is -1.77. The topological polar surface area (TPSA) is 134 Å². The molecule has 6 atom stereocenters. The van der Waals surface area contributed by atoms with Crippen LogP contribution in [0.4, 0.5) is 0 Å². The summed E-state index contributed by atoms with van der Waals surface area (Å²) in [5, 5.41) is 0. The van der Waals surface area contributed by atoms with Crippen LogP contribution in [0.3, 0.4) is 0 Å². The lowest BCUT2D eigenvalue weighted by Crippen LogP contribution is -2.65. The lowest BCUT2D eigenvalue weighted by Gasteiger charge is -2.49. The van der Waals surface area contributed by atoms with E-state index < -0.39 is 84.5 Å². The van der Waals surface area contributed by atoms with Gasteiger partial charge in [-0.1, -0.05) is 40.5 Å². The van der Waals surface area contributed by atoms with Crippen molar-refractivity contribution in [3.63, 3.8) is 0 Å². The minimum atomic E-state index is -2.85. The summed E-state index contributed by atoms with van der Waals surface area (Å²) >= 11 is 0. The van der Waals surface area contributed by atoms with E-state index in [9.17, 15) is 14.4 Å². The monoisotopic (exact) mass is 736 g/mol. The van der Waals surface area contributed by atoms with E-state index in [0.717, 1.165) is 18.2 Å². The number of carbonyl (C=O) groups is 3. The maximum atomic E-state index is 11.8. The van der Waals surface area contributed by atoms with Gasteiger partial charge in [0.15, 0.2) is 0 Å². The van der Waals surface area contributed by atoms with E-state index in [-0.39, 0.29) is 10.2 Å². The Morgan fingerprint density at radius 3 is 0.957 bits per heavy atom. The van der Waals surface area contributed by atoms with Crippen molar-refractivity contribution in [1.82, 2.24) is 0 Å². The Labute approximate surface area is 288 Å². The third-order valence-electron chi connectivity index (χ3n) is 7.20. The summed E-state index contributed by atoms with van der Waals surface area (Å²) in [6.07, 6.45) is 2.48. The summed E-state index contributed by atoms with van der Waals surface area (Å²) in [7, 11) is -8.28. The van der Waals surface area contributed by atoms with Gasteiger partial charge in [0.25, 0.3) is 0 Å². The van der Waals surface area contributed by atoms with Crippen molar-refractivity contribution in [2.75, 3.05) is 0 Å². The molecule has 0 bridgehead atoms. The fourth-order valence-electron chi connectivity index (χ4n) is 5.36. The van der Waals surface area contributed by atoms with Gasteiger partial charge in [0, 0.05) is 18.2 Å². The Morgan fingerprint density at radius 1 is 0.574 bits per heavy atom. The maximum Gasteiger partial charge on any atom is 0.332 e. The first kappa shape index (κ1) is 45.3. The molecule has 12 nitrogen and oxygen atoms in total. The first-order valence-corrected chi connectivity index (χ1v) is 26.1. The highest BCUT2D eigenvalue weighted by Crippen LogP contribution is 2.34. The first-order chi connectivity index (χ1) is 21.5.